The van der Waals surface area contributed by atoms with Crippen LogP contribution in [-0.4, -0.2) is 20.6 Å². The van der Waals surface area contributed by atoms with Gasteiger partial charge in [-0.25, -0.2) is 4.98 Å². The average molecular weight is 272 g/mol. The summed E-state index contributed by atoms with van der Waals surface area (Å²) in [5.41, 5.74) is 2.00. The highest BCUT2D eigenvalue weighted by Gasteiger charge is 2.36. The molecule has 0 spiro atoms. The third-order valence-electron chi connectivity index (χ3n) is 4.50. The van der Waals surface area contributed by atoms with E-state index in [4.69, 9.17) is 0 Å². The zero-order valence-corrected chi connectivity index (χ0v) is 11.9. The maximum absolute atomic E-state index is 11.6. The second kappa shape index (κ2) is 4.93. The molecular formula is C16H20N2O2. The van der Waals surface area contributed by atoms with Gasteiger partial charge in [-0.1, -0.05) is 19.1 Å². The molecule has 1 heterocycles. The van der Waals surface area contributed by atoms with Crippen molar-refractivity contribution in [3.63, 3.8) is 0 Å². The van der Waals surface area contributed by atoms with Crippen LogP contribution in [0.4, 0.5) is 0 Å². The molecule has 3 rings (SSSR count). The van der Waals surface area contributed by atoms with Crippen LogP contribution in [0.1, 0.15) is 38.1 Å². The average Bonchev–Trinajstić information content (AvgIpc) is 2.73. The zero-order chi connectivity index (χ0) is 14.3. The van der Waals surface area contributed by atoms with Crippen LogP contribution in [0, 0.1) is 18.8 Å². The molecule has 0 bridgehead atoms. The van der Waals surface area contributed by atoms with Crippen LogP contribution >= 0.6 is 0 Å². The number of imidazole rings is 1. The molecule has 4 heteroatoms. The number of hydrogen-bond donors (Lipinski definition) is 1. The van der Waals surface area contributed by atoms with E-state index in [-0.39, 0.29) is 12.0 Å². The lowest BCUT2D eigenvalue weighted by Crippen LogP contribution is -2.32. The van der Waals surface area contributed by atoms with Gasteiger partial charge in [-0.15, -0.1) is 0 Å². The topological polar surface area (TPSA) is 55.1 Å². The van der Waals surface area contributed by atoms with Gasteiger partial charge in [-0.3, -0.25) is 4.79 Å². The van der Waals surface area contributed by atoms with E-state index in [0.717, 1.165) is 36.1 Å². The highest BCUT2D eigenvalue weighted by molar-refractivity contribution is 5.77. The summed E-state index contributed by atoms with van der Waals surface area (Å²) in [7, 11) is 0. The Morgan fingerprint density at radius 1 is 1.35 bits per heavy atom. The molecule has 0 aliphatic heterocycles. The Morgan fingerprint density at radius 3 is 2.85 bits per heavy atom. The summed E-state index contributed by atoms with van der Waals surface area (Å²) in [6.45, 7) is 4.18. The van der Waals surface area contributed by atoms with E-state index < -0.39 is 5.97 Å². The van der Waals surface area contributed by atoms with Crippen molar-refractivity contribution in [2.45, 2.75) is 39.2 Å². The van der Waals surface area contributed by atoms with Crippen LogP contribution < -0.4 is 0 Å². The minimum Gasteiger partial charge on any atom is -0.481 e. The molecule has 1 aliphatic rings. The lowest BCUT2D eigenvalue weighted by molar-refractivity contribution is -0.144. The number of aromatic nitrogens is 2. The zero-order valence-electron chi connectivity index (χ0n) is 11.9. The van der Waals surface area contributed by atoms with E-state index in [9.17, 15) is 9.90 Å². The molecule has 3 unspecified atom stereocenters. The molecule has 1 saturated carbocycles. The van der Waals surface area contributed by atoms with Crippen molar-refractivity contribution in [3.8, 4) is 0 Å². The number of carboxylic acids is 1. The number of para-hydroxylation sites is 2. The van der Waals surface area contributed by atoms with Gasteiger partial charge in [0.1, 0.15) is 5.82 Å². The molecule has 1 aromatic carbocycles. The summed E-state index contributed by atoms with van der Waals surface area (Å²) >= 11 is 0. The molecule has 1 aromatic heterocycles. The van der Waals surface area contributed by atoms with Gasteiger partial charge in [0.15, 0.2) is 0 Å². The molecule has 2 aromatic rings. The Morgan fingerprint density at radius 2 is 2.10 bits per heavy atom. The van der Waals surface area contributed by atoms with Crippen LogP contribution in [-0.2, 0) is 4.79 Å². The quantitative estimate of drug-likeness (QED) is 0.911. The first-order valence-electron chi connectivity index (χ1n) is 7.24. The molecule has 0 radical (unpaired) electrons. The second-order valence-corrected chi connectivity index (χ2v) is 5.95. The van der Waals surface area contributed by atoms with Gasteiger partial charge in [0.2, 0.25) is 0 Å². The number of carbonyl (C=O) groups is 1. The van der Waals surface area contributed by atoms with Crippen LogP contribution in [0.15, 0.2) is 24.3 Å². The Bertz CT molecular complexity index is 647. The molecular weight excluding hydrogens is 252 g/mol. The summed E-state index contributed by atoms with van der Waals surface area (Å²) in [6, 6.07) is 8.00. The molecule has 1 aliphatic carbocycles. The Hall–Kier alpha value is -1.84. The number of carboxylic acid groups (broad SMARTS) is 1. The van der Waals surface area contributed by atoms with Gasteiger partial charge >= 0.3 is 5.97 Å². The fourth-order valence-electron chi connectivity index (χ4n) is 3.51. The molecule has 4 nitrogen and oxygen atoms in total. The van der Waals surface area contributed by atoms with Crippen molar-refractivity contribution < 1.29 is 9.90 Å². The predicted molar refractivity (Wildman–Crippen MR) is 77.6 cm³/mol. The standard InChI is InChI=1S/C16H20N2O2/c1-10-7-8-12(16(19)20)15(9-10)18-11(2)17-13-5-3-4-6-14(13)18/h3-6,10,12,15H,7-9H2,1-2H3,(H,19,20). The van der Waals surface area contributed by atoms with Crippen molar-refractivity contribution >= 4 is 17.0 Å². The third kappa shape index (κ3) is 2.09. The smallest absolute Gasteiger partial charge is 0.308 e. The minimum atomic E-state index is -0.681. The fourth-order valence-corrected chi connectivity index (χ4v) is 3.51. The van der Waals surface area contributed by atoms with Gasteiger partial charge < -0.3 is 9.67 Å². The minimum absolute atomic E-state index is 0.0173. The van der Waals surface area contributed by atoms with E-state index in [0.29, 0.717) is 5.92 Å². The molecule has 1 fully saturated rings. The Balaban J connectivity index is 2.11. The molecule has 0 saturated heterocycles. The number of fused-ring (bicyclic) bond motifs is 1. The van der Waals surface area contributed by atoms with Crippen molar-refractivity contribution in [1.82, 2.24) is 9.55 Å². The molecule has 106 valence electrons. The largest absolute Gasteiger partial charge is 0.481 e. The molecule has 3 atom stereocenters. The fraction of sp³-hybridized carbons (Fsp3) is 0.500. The van der Waals surface area contributed by atoms with E-state index >= 15 is 0 Å². The van der Waals surface area contributed by atoms with Gasteiger partial charge in [0, 0.05) is 6.04 Å². The summed E-state index contributed by atoms with van der Waals surface area (Å²) < 4.78 is 2.14. The van der Waals surface area contributed by atoms with Crippen molar-refractivity contribution in [2.75, 3.05) is 0 Å². The maximum Gasteiger partial charge on any atom is 0.308 e. The molecule has 1 N–H and O–H groups in total. The first-order valence-corrected chi connectivity index (χ1v) is 7.24. The maximum atomic E-state index is 11.6. The number of aliphatic carboxylic acids is 1. The van der Waals surface area contributed by atoms with Crippen LogP contribution in [0.2, 0.25) is 0 Å². The summed E-state index contributed by atoms with van der Waals surface area (Å²) in [4.78, 5) is 16.2. The SMILES string of the molecule is Cc1nc2ccccc2n1C1CC(C)CCC1C(=O)O. The van der Waals surface area contributed by atoms with Gasteiger partial charge in [0.25, 0.3) is 0 Å². The Kier molecular flexibility index (Phi) is 3.24. The lowest BCUT2D eigenvalue weighted by atomic mass is 9.78. The number of benzene rings is 1. The normalized spacial score (nSPS) is 26.8. The predicted octanol–water partition coefficient (Wildman–Crippen LogP) is 3.41. The summed E-state index contributed by atoms with van der Waals surface area (Å²) in [5, 5.41) is 9.52. The second-order valence-electron chi connectivity index (χ2n) is 5.95. The number of hydrogen-bond acceptors (Lipinski definition) is 2. The number of rotatable bonds is 2. The van der Waals surface area contributed by atoms with Crippen LogP contribution in [0.3, 0.4) is 0 Å². The van der Waals surface area contributed by atoms with Crippen molar-refractivity contribution in [1.29, 1.82) is 0 Å². The van der Waals surface area contributed by atoms with E-state index in [2.05, 4.69) is 16.5 Å². The number of aryl methyl sites for hydroxylation is 1. The van der Waals surface area contributed by atoms with Gasteiger partial charge in [-0.05, 0) is 44.2 Å². The first-order chi connectivity index (χ1) is 9.58. The molecule has 20 heavy (non-hydrogen) atoms. The molecule has 0 amide bonds. The van der Waals surface area contributed by atoms with Crippen molar-refractivity contribution in [2.24, 2.45) is 11.8 Å². The number of nitrogens with zero attached hydrogens (tertiary/aromatic N) is 2. The van der Waals surface area contributed by atoms with Crippen molar-refractivity contribution in [3.05, 3.63) is 30.1 Å². The first kappa shape index (κ1) is 13.2. The third-order valence-corrected chi connectivity index (χ3v) is 4.50. The van der Waals surface area contributed by atoms with Gasteiger partial charge in [-0.2, -0.15) is 0 Å². The summed E-state index contributed by atoms with van der Waals surface area (Å²) in [5.74, 6) is 0.495. The highest BCUT2D eigenvalue weighted by Crippen LogP contribution is 2.39. The summed E-state index contributed by atoms with van der Waals surface area (Å²) in [6.07, 6.45) is 2.67. The van der Waals surface area contributed by atoms with E-state index in [1.165, 1.54) is 0 Å². The van der Waals surface area contributed by atoms with E-state index in [1.807, 2.05) is 31.2 Å². The highest BCUT2D eigenvalue weighted by atomic mass is 16.4. The van der Waals surface area contributed by atoms with Crippen LogP contribution in [0.5, 0.6) is 0 Å². The van der Waals surface area contributed by atoms with Gasteiger partial charge in [0.05, 0.1) is 17.0 Å². The lowest BCUT2D eigenvalue weighted by Gasteiger charge is -2.34. The Labute approximate surface area is 118 Å². The van der Waals surface area contributed by atoms with E-state index in [1.54, 1.807) is 0 Å². The monoisotopic (exact) mass is 272 g/mol. The van der Waals surface area contributed by atoms with Crippen LogP contribution in [0.25, 0.3) is 11.0 Å².